The van der Waals surface area contributed by atoms with Crippen molar-refractivity contribution in [2.45, 2.75) is 26.6 Å². The lowest BCUT2D eigenvalue weighted by Crippen LogP contribution is -2.18. The second-order valence-electron chi connectivity index (χ2n) is 9.22. The summed E-state index contributed by atoms with van der Waals surface area (Å²) >= 11 is 1.63. The first kappa shape index (κ1) is 25.3. The van der Waals surface area contributed by atoms with Crippen LogP contribution in [0.25, 0.3) is 10.2 Å². The van der Waals surface area contributed by atoms with Crippen molar-refractivity contribution in [3.63, 3.8) is 0 Å². The van der Waals surface area contributed by atoms with E-state index in [0.29, 0.717) is 31.4 Å². The van der Waals surface area contributed by atoms with Gasteiger partial charge in [0.05, 0.1) is 23.4 Å². The highest BCUT2D eigenvalue weighted by atomic mass is 32.1. The number of anilines is 1. The summed E-state index contributed by atoms with van der Waals surface area (Å²) in [4.78, 5) is 13.2. The second kappa shape index (κ2) is 11.8. The zero-order valence-electron chi connectivity index (χ0n) is 21.3. The highest BCUT2D eigenvalue weighted by Crippen LogP contribution is 2.28. The van der Waals surface area contributed by atoms with Gasteiger partial charge < -0.3 is 29.4 Å². The van der Waals surface area contributed by atoms with Crippen LogP contribution in [-0.2, 0) is 25.0 Å². The van der Waals surface area contributed by atoms with Crippen LogP contribution in [0.4, 0.5) is 5.69 Å². The third-order valence-electron chi connectivity index (χ3n) is 6.73. The maximum Gasteiger partial charge on any atom is 0.272 e. The van der Waals surface area contributed by atoms with Gasteiger partial charge in [-0.2, -0.15) is 0 Å². The highest BCUT2D eigenvalue weighted by molar-refractivity contribution is 7.17. The minimum atomic E-state index is -0.153. The summed E-state index contributed by atoms with van der Waals surface area (Å²) in [5, 5.41) is 8.51. The fourth-order valence-electron chi connectivity index (χ4n) is 4.58. The molecular formula is C29H33N3O4S. The Balaban J connectivity index is 1.29. The molecule has 4 aromatic rings. The number of nitrogens with one attached hydrogen (secondary N) is 2. The Bertz CT molecular complexity index is 1340. The molecule has 0 bridgehead atoms. The Morgan fingerprint density at radius 3 is 2.65 bits per heavy atom. The summed E-state index contributed by atoms with van der Waals surface area (Å²) in [5.41, 5.74) is 4.27. The molecule has 7 nitrogen and oxygen atoms in total. The van der Waals surface area contributed by atoms with Crippen LogP contribution in [0, 0.1) is 5.92 Å². The number of hydrogen-bond donors (Lipinski definition) is 2. The molecule has 8 heteroatoms. The fraction of sp³-hybridized carbons (Fsp3) is 0.345. The van der Waals surface area contributed by atoms with Gasteiger partial charge in [0.2, 0.25) is 0 Å². The van der Waals surface area contributed by atoms with E-state index in [-0.39, 0.29) is 5.91 Å². The lowest BCUT2D eigenvalue weighted by atomic mass is 10.1. The lowest BCUT2D eigenvalue weighted by Gasteiger charge is -2.17. The summed E-state index contributed by atoms with van der Waals surface area (Å²) in [6.45, 7) is 6.13. The van der Waals surface area contributed by atoms with Gasteiger partial charge in [0.25, 0.3) is 5.91 Å². The minimum Gasteiger partial charge on any atom is -0.493 e. The van der Waals surface area contributed by atoms with E-state index in [1.807, 2.05) is 78.5 Å². The van der Waals surface area contributed by atoms with Crippen molar-refractivity contribution >= 4 is 33.1 Å². The van der Waals surface area contributed by atoms with E-state index in [4.69, 9.17) is 14.2 Å². The van der Waals surface area contributed by atoms with E-state index >= 15 is 0 Å². The molecule has 1 saturated heterocycles. The van der Waals surface area contributed by atoms with E-state index in [2.05, 4.69) is 10.6 Å². The topological polar surface area (TPSA) is 73.8 Å². The molecule has 0 spiro atoms. The van der Waals surface area contributed by atoms with Gasteiger partial charge in [-0.25, -0.2) is 0 Å². The average molecular weight is 520 g/mol. The summed E-state index contributed by atoms with van der Waals surface area (Å²) in [6.07, 6.45) is 1.16. The number of benzene rings is 2. The van der Waals surface area contributed by atoms with Gasteiger partial charge in [0.1, 0.15) is 23.8 Å². The van der Waals surface area contributed by atoms with Crippen LogP contribution in [0.3, 0.4) is 0 Å². The molecule has 37 heavy (non-hydrogen) atoms. The molecule has 1 aliphatic heterocycles. The molecule has 0 unspecified atom stereocenters. The molecule has 0 radical (unpaired) electrons. The van der Waals surface area contributed by atoms with Crippen molar-refractivity contribution in [3.8, 4) is 11.5 Å². The first-order valence-corrected chi connectivity index (χ1v) is 13.6. The number of amides is 1. The second-order valence-corrected chi connectivity index (χ2v) is 10.2. The normalized spacial score (nSPS) is 15.2. The van der Waals surface area contributed by atoms with Crippen LogP contribution in [0.15, 0.2) is 60.0 Å². The molecule has 2 aromatic heterocycles. The third-order valence-corrected chi connectivity index (χ3v) is 7.59. The molecule has 2 aromatic carbocycles. The van der Waals surface area contributed by atoms with E-state index in [0.717, 1.165) is 64.6 Å². The van der Waals surface area contributed by atoms with Gasteiger partial charge >= 0.3 is 0 Å². The Labute approximate surface area is 221 Å². The van der Waals surface area contributed by atoms with Gasteiger partial charge in [-0.3, -0.25) is 4.79 Å². The molecule has 1 amide bonds. The summed E-state index contributed by atoms with van der Waals surface area (Å²) in [7, 11) is 1.91. The predicted molar refractivity (Wildman–Crippen MR) is 148 cm³/mol. The number of ether oxygens (including phenoxy) is 3. The van der Waals surface area contributed by atoms with Crippen LogP contribution in [0.5, 0.6) is 11.5 Å². The number of aromatic nitrogens is 1. The quantitative estimate of drug-likeness (QED) is 0.270. The summed E-state index contributed by atoms with van der Waals surface area (Å²) < 4.78 is 20.8. The van der Waals surface area contributed by atoms with Crippen LogP contribution in [0.2, 0.25) is 0 Å². The van der Waals surface area contributed by atoms with Crippen LogP contribution in [0.1, 0.15) is 35.0 Å². The Morgan fingerprint density at radius 2 is 1.92 bits per heavy atom. The standard InChI is InChI=1S/C29H33N3O4S/c1-3-34-18-21-5-4-6-25(31-29(33)27-15-28-26(32(27)2)12-14-37-28)24(21)19-36-23-9-7-22(8-10-23)35-17-20-11-13-30-16-20/h4-10,12,14-15,20,30H,3,11,13,16-19H2,1-2H3,(H,31,33)/t20-/m0/s1. The molecule has 1 atom stereocenters. The van der Waals surface area contributed by atoms with E-state index in [1.54, 1.807) is 11.3 Å². The van der Waals surface area contributed by atoms with E-state index in [1.165, 1.54) is 0 Å². The van der Waals surface area contributed by atoms with Crippen LogP contribution < -0.4 is 20.1 Å². The molecular weight excluding hydrogens is 486 g/mol. The summed E-state index contributed by atoms with van der Waals surface area (Å²) in [6, 6.07) is 17.5. The van der Waals surface area contributed by atoms with Crippen molar-refractivity contribution in [1.82, 2.24) is 9.88 Å². The highest BCUT2D eigenvalue weighted by Gasteiger charge is 2.18. The minimum absolute atomic E-state index is 0.153. The van der Waals surface area contributed by atoms with Crippen molar-refractivity contribution < 1.29 is 19.0 Å². The zero-order chi connectivity index (χ0) is 25.6. The largest absolute Gasteiger partial charge is 0.493 e. The molecule has 0 saturated carbocycles. The molecule has 194 valence electrons. The van der Waals surface area contributed by atoms with Crippen LogP contribution in [-0.4, -0.2) is 36.8 Å². The predicted octanol–water partition coefficient (Wildman–Crippen LogP) is 5.60. The number of fused-ring (bicyclic) bond motifs is 1. The maximum atomic E-state index is 13.2. The summed E-state index contributed by atoms with van der Waals surface area (Å²) in [5.74, 6) is 1.99. The van der Waals surface area contributed by atoms with Gasteiger partial charge in [-0.1, -0.05) is 12.1 Å². The zero-order valence-corrected chi connectivity index (χ0v) is 22.1. The lowest BCUT2D eigenvalue weighted by molar-refractivity contribution is 0.101. The molecule has 5 rings (SSSR count). The number of nitrogens with zero attached hydrogens (tertiary/aromatic N) is 1. The Hall–Kier alpha value is -3.33. The fourth-order valence-corrected chi connectivity index (χ4v) is 5.43. The molecule has 3 heterocycles. The molecule has 1 aliphatic rings. The van der Waals surface area contributed by atoms with Gasteiger partial charge in [-0.15, -0.1) is 11.3 Å². The first-order valence-electron chi connectivity index (χ1n) is 12.7. The molecule has 0 aliphatic carbocycles. The smallest absolute Gasteiger partial charge is 0.272 e. The van der Waals surface area contributed by atoms with Crippen molar-refractivity contribution in [2.24, 2.45) is 13.0 Å². The van der Waals surface area contributed by atoms with E-state index in [9.17, 15) is 4.79 Å². The maximum absolute atomic E-state index is 13.2. The number of hydrogen-bond acceptors (Lipinski definition) is 6. The first-order chi connectivity index (χ1) is 18.1. The van der Waals surface area contributed by atoms with Crippen molar-refractivity contribution in [2.75, 3.05) is 31.6 Å². The van der Waals surface area contributed by atoms with Crippen molar-refractivity contribution in [1.29, 1.82) is 0 Å². The molecule has 2 N–H and O–H groups in total. The van der Waals surface area contributed by atoms with Gasteiger partial charge in [0, 0.05) is 37.4 Å². The monoisotopic (exact) mass is 519 g/mol. The molecule has 1 fully saturated rings. The average Bonchev–Trinajstić information content (AvgIpc) is 3.66. The van der Waals surface area contributed by atoms with Crippen molar-refractivity contribution in [3.05, 3.63) is 76.8 Å². The number of aryl methyl sites for hydroxylation is 1. The Morgan fingerprint density at radius 1 is 1.11 bits per heavy atom. The number of thiophene rings is 1. The van der Waals surface area contributed by atoms with Crippen LogP contribution >= 0.6 is 11.3 Å². The van der Waals surface area contributed by atoms with E-state index < -0.39 is 0 Å². The number of carbonyl (C=O) groups is 1. The number of carbonyl (C=O) groups excluding carboxylic acids is 1. The SMILES string of the molecule is CCOCc1cccc(NC(=O)c2cc3sccc3n2C)c1COc1ccc(OC[C@H]2CCNC2)cc1. The van der Waals surface area contributed by atoms with Gasteiger partial charge in [0.15, 0.2) is 0 Å². The van der Waals surface area contributed by atoms with Gasteiger partial charge in [-0.05, 0) is 73.3 Å². The Kier molecular flexibility index (Phi) is 8.08. The third kappa shape index (κ3) is 5.98. The number of rotatable bonds is 11.